The van der Waals surface area contributed by atoms with E-state index in [4.69, 9.17) is 9.29 Å². The Kier molecular flexibility index (Phi) is 4.29. The predicted octanol–water partition coefficient (Wildman–Crippen LogP) is 1.11. The number of hydrogen-bond acceptors (Lipinski definition) is 3. The summed E-state index contributed by atoms with van der Waals surface area (Å²) in [5.41, 5.74) is -0.590. The number of rotatable bonds is 3. The molecule has 5 heteroatoms. The molecule has 1 atom stereocenters. The molecular formula is C8H14O4S. The normalized spacial score (nSPS) is 13.5. The molecule has 0 aliphatic carbocycles. The third kappa shape index (κ3) is 6.48. The minimum atomic E-state index is -2.04. The van der Waals surface area contributed by atoms with Crippen molar-refractivity contribution in [1.29, 1.82) is 0 Å². The summed E-state index contributed by atoms with van der Waals surface area (Å²) >= 11 is -2.04. The second kappa shape index (κ2) is 4.53. The Bertz CT molecular complexity index is 239. The van der Waals surface area contributed by atoms with E-state index in [-0.39, 0.29) is 11.3 Å². The van der Waals surface area contributed by atoms with Gasteiger partial charge in [-0.05, 0) is 20.8 Å². The van der Waals surface area contributed by atoms with Crippen molar-refractivity contribution in [1.82, 2.24) is 0 Å². The summed E-state index contributed by atoms with van der Waals surface area (Å²) in [7, 11) is 0. The lowest BCUT2D eigenvalue weighted by molar-refractivity contribution is -0.149. The summed E-state index contributed by atoms with van der Waals surface area (Å²) in [6, 6.07) is 0. The van der Waals surface area contributed by atoms with Gasteiger partial charge >= 0.3 is 5.97 Å². The first kappa shape index (κ1) is 12.3. The Morgan fingerprint density at radius 3 is 2.31 bits per heavy atom. The van der Waals surface area contributed by atoms with Crippen LogP contribution in [0.2, 0.25) is 0 Å². The number of carbonyl (C=O) groups is 1. The summed E-state index contributed by atoms with van der Waals surface area (Å²) in [6.07, 6.45) is 0. The molecule has 0 saturated carbocycles. The summed E-state index contributed by atoms with van der Waals surface area (Å²) in [6.45, 7) is 8.50. The van der Waals surface area contributed by atoms with E-state index in [2.05, 4.69) is 6.58 Å². The summed E-state index contributed by atoms with van der Waals surface area (Å²) in [4.78, 5) is 11.1. The van der Waals surface area contributed by atoms with Crippen LogP contribution in [0.5, 0.6) is 0 Å². The van der Waals surface area contributed by atoms with E-state index < -0.39 is 22.7 Å². The van der Waals surface area contributed by atoms with Gasteiger partial charge in [0.25, 0.3) is 0 Å². The zero-order valence-corrected chi connectivity index (χ0v) is 8.81. The molecule has 0 rings (SSSR count). The van der Waals surface area contributed by atoms with Crippen molar-refractivity contribution in [3.63, 3.8) is 0 Å². The van der Waals surface area contributed by atoms with Gasteiger partial charge in [0.2, 0.25) is 0 Å². The largest absolute Gasteiger partial charge is 0.457 e. The molecular weight excluding hydrogens is 192 g/mol. The van der Waals surface area contributed by atoms with Crippen molar-refractivity contribution >= 4 is 17.0 Å². The van der Waals surface area contributed by atoms with Crippen molar-refractivity contribution in [2.45, 2.75) is 26.4 Å². The minimum absolute atomic E-state index is 0.00996. The average Bonchev–Trinajstić information content (AvgIpc) is 1.81. The first-order chi connectivity index (χ1) is 5.72. The van der Waals surface area contributed by atoms with E-state index in [0.717, 1.165) is 0 Å². The lowest BCUT2D eigenvalue weighted by atomic mass is 10.2. The average molecular weight is 206 g/mol. The Morgan fingerprint density at radius 2 is 2.00 bits per heavy atom. The third-order valence-corrected chi connectivity index (χ3v) is 1.58. The number of hydrogen-bond donors (Lipinski definition) is 1. The molecule has 1 N–H and O–H groups in total. The first-order valence-corrected chi connectivity index (χ1v) is 4.98. The van der Waals surface area contributed by atoms with E-state index in [1.165, 1.54) is 0 Å². The molecule has 0 bridgehead atoms. The van der Waals surface area contributed by atoms with Crippen LogP contribution >= 0.6 is 0 Å². The highest BCUT2D eigenvalue weighted by Gasteiger charge is 2.19. The topological polar surface area (TPSA) is 63.6 Å². The fourth-order valence-corrected chi connectivity index (χ4v) is 0.974. The lowest BCUT2D eigenvalue weighted by Crippen LogP contribution is -2.25. The van der Waals surface area contributed by atoms with Gasteiger partial charge in [0.15, 0.2) is 11.1 Å². The van der Waals surface area contributed by atoms with Gasteiger partial charge in [0.1, 0.15) is 5.60 Å². The molecule has 0 heterocycles. The van der Waals surface area contributed by atoms with E-state index in [9.17, 15) is 9.00 Å². The minimum Gasteiger partial charge on any atom is -0.457 e. The second-order valence-corrected chi connectivity index (χ2v) is 4.50. The predicted molar refractivity (Wildman–Crippen MR) is 50.6 cm³/mol. The highest BCUT2D eigenvalue weighted by molar-refractivity contribution is 7.79. The van der Waals surface area contributed by atoms with Gasteiger partial charge in [0, 0.05) is 5.57 Å². The van der Waals surface area contributed by atoms with Gasteiger partial charge < -0.3 is 9.29 Å². The number of esters is 1. The smallest absolute Gasteiger partial charge is 0.334 e. The van der Waals surface area contributed by atoms with Crippen molar-refractivity contribution in [2.24, 2.45) is 0 Å². The standard InChI is InChI=1S/C8H14O4S/c1-6(5-13(10)11)7(9)12-8(2,3)4/h1,5H2,2-4H3,(H,10,11). The Labute approximate surface area is 80.3 Å². The van der Waals surface area contributed by atoms with Crippen LogP contribution in [-0.4, -0.2) is 26.1 Å². The Morgan fingerprint density at radius 1 is 1.54 bits per heavy atom. The highest BCUT2D eigenvalue weighted by atomic mass is 32.2. The van der Waals surface area contributed by atoms with Gasteiger partial charge in [0.05, 0.1) is 5.75 Å². The molecule has 0 saturated heterocycles. The molecule has 0 aromatic rings. The first-order valence-electron chi connectivity index (χ1n) is 3.71. The molecule has 0 amide bonds. The molecule has 0 spiro atoms. The molecule has 0 radical (unpaired) electrons. The van der Waals surface area contributed by atoms with Crippen LogP contribution < -0.4 is 0 Å². The summed E-state index contributed by atoms with van der Waals surface area (Å²) in [5, 5.41) is 0. The van der Waals surface area contributed by atoms with Gasteiger partial charge in [-0.1, -0.05) is 6.58 Å². The molecule has 0 aliphatic rings. The van der Waals surface area contributed by atoms with Gasteiger partial charge in [-0.3, -0.25) is 0 Å². The van der Waals surface area contributed by atoms with Crippen molar-refractivity contribution in [3.8, 4) is 0 Å². The maximum Gasteiger partial charge on any atom is 0.334 e. The van der Waals surface area contributed by atoms with E-state index in [0.29, 0.717) is 0 Å². The molecule has 0 fully saturated rings. The quantitative estimate of drug-likeness (QED) is 0.427. The maximum atomic E-state index is 11.1. The van der Waals surface area contributed by atoms with Crippen molar-refractivity contribution in [3.05, 3.63) is 12.2 Å². The highest BCUT2D eigenvalue weighted by Crippen LogP contribution is 2.10. The van der Waals surface area contributed by atoms with E-state index >= 15 is 0 Å². The second-order valence-electron chi connectivity index (χ2n) is 3.57. The van der Waals surface area contributed by atoms with Crippen LogP contribution in [0.1, 0.15) is 20.8 Å². The maximum absolute atomic E-state index is 11.1. The van der Waals surface area contributed by atoms with Crippen LogP contribution in [-0.2, 0) is 20.6 Å². The van der Waals surface area contributed by atoms with Gasteiger partial charge in [-0.15, -0.1) is 0 Å². The summed E-state index contributed by atoms with van der Waals surface area (Å²) < 4.78 is 23.7. The third-order valence-electron chi connectivity index (χ3n) is 0.985. The molecule has 13 heavy (non-hydrogen) atoms. The van der Waals surface area contributed by atoms with E-state index in [1.54, 1.807) is 20.8 Å². The van der Waals surface area contributed by atoms with Crippen LogP contribution in [0.3, 0.4) is 0 Å². The molecule has 0 aromatic heterocycles. The molecule has 4 nitrogen and oxygen atoms in total. The molecule has 0 aliphatic heterocycles. The molecule has 1 unspecified atom stereocenters. The van der Waals surface area contributed by atoms with Crippen LogP contribution in [0.15, 0.2) is 12.2 Å². The van der Waals surface area contributed by atoms with Gasteiger partial charge in [-0.2, -0.15) is 0 Å². The monoisotopic (exact) mass is 206 g/mol. The van der Waals surface area contributed by atoms with Crippen molar-refractivity contribution in [2.75, 3.05) is 5.75 Å². The van der Waals surface area contributed by atoms with Crippen LogP contribution in [0, 0.1) is 0 Å². The summed E-state index contributed by atoms with van der Waals surface area (Å²) in [5.74, 6) is -0.899. The fourth-order valence-electron chi connectivity index (χ4n) is 0.558. The van der Waals surface area contributed by atoms with E-state index in [1.807, 2.05) is 0 Å². The molecule has 0 aromatic carbocycles. The van der Waals surface area contributed by atoms with Crippen LogP contribution in [0.25, 0.3) is 0 Å². The Hall–Kier alpha value is -0.680. The zero-order valence-electron chi connectivity index (χ0n) is 7.99. The van der Waals surface area contributed by atoms with Crippen molar-refractivity contribution < 1.29 is 18.3 Å². The molecule has 76 valence electrons. The number of carbonyl (C=O) groups excluding carboxylic acids is 1. The lowest BCUT2D eigenvalue weighted by Gasteiger charge is -2.19. The van der Waals surface area contributed by atoms with Gasteiger partial charge in [-0.25, -0.2) is 9.00 Å². The van der Waals surface area contributed by atoms with Crippen LogP contribution in [0.4, 0.5) is 0 Å². The zero-order chi connectivity index (χ0) is 10.6. The SMILES string of the molecule is C=C(CS(=O)O)C(=O)OC(C)(C)C. The Balaban J connectivity index is 4.13. The fraction of sp³-hybridized carbons (Fsp3) is 0.625. The number of ether oxygens (including phenoxy) is 1.